The van der Waals surface area contributed by atoms with E-state index >= 15 is 0 Å². The lowest BCUT2D eigenvalue weighted by Gasteiger charge is -2.38. The van der Waals surface area contributed by atoms with Crippen LogP contribution in [0.1, 0.15) is 31.2 Å². The highest BCUT2D eigenvalue weighted by Crippen LogP contribution is 2.22. The maximum Gasteiger partial charge on any atom is 0.225 e. The molecule has 0 bridgehead atoms. The summed E-state index contributed by atoms with van der Waals surface area (Å²) >= 11 is 0. The number of carbonyl (C=O) groups is 2. The lowest BCUT2D eigenvalue weighted by atomic mass is 9.95. The number of aromatic amines is 1. The summed E-state index contributed by atoms with van der Waals surface area (Å²) in [5, 5.41) is 0. The quantitative estimate of drug-likeness (QED) is 0.877. The third-order valence-corrected chi connectivity index (χ3v) is 6.03. The zero-order valence-electron chi connectivity index (χ0n) is 16.8. The number of fused-ring (bicyclic) bond motifs is 1. The van der Waals surface area contributed by atoms with Crippen molar-refractivity contribution >= 4 is 22.8 Å². The molecule has 1 aromatic carbocycles. The van der Waals surface area contributed by atoms with E-state index in [0.29, 0.717) is 26.2 Å². The third kappa shape index (κ3) is 4.04. The molecule has 28 heavy (non-hydrogen) atoms. The van der Waals surface area contributed by atoms with Gasteiger partial charge in [0, 0.05) is 39.0 Å². The molecule has 2 saturated heterocycles. The second kappa shape index (κ2) is 7.91. The highest BCUT2D eigenvalue weighted by Gasteiger charge is 2.31. The Balaban J connectivity index is 1.28. The molecule has 1 aromatic heterocycles. The van der Waals surface area contributed by atoms with Crippen LogP contribution in [0.4, 0.5) is 0 Å². The normalized spacial score (nSPS) is 19.4. The van der Waals surface area contributed by atoms with Crippen molar-refractivity contribution in [3.05, 3.63) is 29.6 Å². The maximum absolute atomic E-state index is 12.8. The molecule has 150 valence electrons. The van der Waals surface area contributed by atoms with E-state index in [1.807, 2.05) is 9.80 Å². The Bertz CT molecular complexity index is 861. The summed E-state index contributed by atoms with van der Waals surface area (Å²) in [6.07, 6.45) is 1.79. The molecule has 1 N–H and O–H groups in total. The van der Waals surface area contributed by atoms with Gasteiger partial charge in [0.05, 0.1) is 17.6 Å². The van der Waals surface area contributed by atoms with E-state index in [-0.39, 0.29) is 17.7 Å². The summed E-state index contributed by atoms with van der Waals surface area (Å²) in [6.45, 7) is 8.95. The van der Waals surface area contributed by atoms with Crippen molar-refractivity contribution in [1.29, 1.82) is 0 Å². The monoisotopic (exact) mass is 383 g/mol. The SMILES string of the molecule is CC(=O)N1CCN(C(=O)C2CCN(Cc3nc4ccc(C)cc4[nH]3)CC2)CC1. The molecule has 2 aliphatic heterocycles. The molecule has 2 amide bonds. The van der Waals surface area contributed by atoms with Crippen molar-refractivity contribution < 1.29 is 9.59 Å². The van der Waals surface area contributed by atoms with E-state index in [1.54, 1.807) is 6.92 Å². The van der Waals surface area contributed by atoms with Gasteiger partial charge < -0.3 is 14.8 Å². The van der Waals surface area contributed by atoms with Gasteiger partial charge in [0.25, 0.3) is 0 Å². The van der Waals surface area contributed by atoms with E-state index < -0.39 is 0 Å². The molecule has 7 nitrogen and oxygen atoms in total. The number of H-pyrrole nitrogens is 1. The Morgan fingerprint density at radius 2 is 1.75 bits per heavy atom. The summed E-state index contributed by atoms with van der Waals surface area (Å²) in [4.78, 5) is 38.5. The molecule has 2 aromatic rings. The molecule has 0 unspecified atom stereocenters. The van der Waals surface area contributed by atoms with Crippen molar-refractivity contribution in [2.75, 3.05) is 39.3 Å². The molecule has 3 heterocycles. The third-order valence-electron chi connectivity index (χ3n) is 6.03. The number of aromatic nitrogens is 2. The highest BCUT2D eigenvalue weighted by molar-refractivity contribution is 5.80. The number of piperidine rings is 1. The second-order valence-corrected chi connectivity index (χ2v) is 8.09. The Morgan fingerprint density at radius 1 is 1.07 bits per heavy atom. The van der Waals surface area contributed by atoms with Crippen molar-refractivity contribution in [3.63, 3.8) is 0 Å². The molecular formula is C21H29N5O2. The van der Waals surface area contributed by atoms with Crippen LogP contribution in [0, 0.1) is 12.8 Å². The standard InChI is InChI=1S/C21H29N5O2/c1-15-3-4-18-19(13-15)23-20(22-18)14-24-7-5-17(6-8-24)21(28)26-11-9-25(10-12-26)16(2)27/h3-4,13,17H,5-12,14H2,1-2H3,(H,22,23). The average molecular weight is 383 g/mol. The molecule has 2 aliphatic rings. The van der Waals surface area contributed by atoms with Gasteiger partial charge in [0.1, 0.15) is 5.82 Å². The molecule has 0 spiro atoms. The predicted octanol–water partition coefficient (Wildman–Crippen LogP) is 1.77. The minimum absolute atomic E-state index is 0.0983. The fourth-order valence-corrected chi connectivity index (χ4v) is 4.30. The summed E-state index contributed by atoms with van der Waals surface area (Å²) in [7, 11) is 0. The topological polar surface area (TPSA) is 72.5 Å². The van der Waals surface area contributed by atoms with Crippen LogP contribution in [0.3, 0.4) is 0 Å². The number of piperazine rings is 1. The van der Waals surface area contributed by atoms with Crippen LogP contribution < -0.4 is 0 Å². The van der Waals surface area contributed by atoms with Crippen molar-refractivity contribution in [3.8, 4) is 0 Å². The van der Waals surface area contributed by atoms with Crippen molar-refractivity contribution in [2.24, 2.45) is 5.92 Å². The predicted molar refractivity (Wildman–Crippen MR) is 108 cm³/mol. The number of nitrogens with zero attached hydrogens (tertiary/aromatic N) is 4. The first-order valence-electron chi connectivity index (χ1n) is 10.2. The van der Waals surface area contributed by atoms with Crippen LogP contribution in [0.2, 0.25) is 0 Å². The van der Waals surface area contributed by atoms with Crippen LogP contribution in [-0.4, -0.2) is 75.8 Å². The Kier molecular flexibility index (Phi) is 5.35. The van der Waals surface area contributed by atoms with Gasteiger partial charge in [-0.25, -0.2) is 4.98 Å². The highest BCUT2D eigenvalue weighted by atomic mass is 16.2. The average Bonchev–Trinajstić information content (AvgIpc) is 3.09. The van der Waals surface area contributed by atoms with E-state index in [4.69, 9.17) is 4.98 Å². The zero-order valence-corrected chi connectivity index (χ0v) is 16.8. The Morgan fingerprint density at radius 3 is 2.43 bits per heavy atom. The Hall–Kier alpha value is -2.41. The summed E-state index contributed by atoms with van der Waals surface area (Å²) in [5.74, 6) is 1.47. The fourth-order valence-electron chi connectivity index (χ4n) is 4.30. The first-order valence-corrected chi connectivity index (χ1v) is 10.2. The van der Waals surface area contributed by atoms with Crippen LogP contribution in [0.5, 0.6) is 0 Å². The number of nitrogens with one attached hydrogen (secondary N) is 1. The number of imidazole rings is 1. The van der Waals surface area contributed by atoms with Gasteiger partial charge in [0.2, 0.25) is 11.8 Å². The molecule has 0 radical (unpaired) electrons. The maximum atomic E-state index is 12.8. The largest absolute Gasteiger partial charge is 0.341 e. The number of carbonyl (C=O) groups excluding carboxylic acids is 2. The molecule has 4 rings (SSSR count). The molecule has 0 aliphatic carbocycles. The van der Waals surface area contributed by atoms with E-state index in [0.717, 1.165) is 49.3 Å². The number of hydrogen-bond acceptors (Lipinski definition) is 4. The first kappa shape index (κ1) is 18.9. The summed E-state index contributed by atoms with van der Waals surface area (Å²) in [6, 6.07) is 6.27. The fraction of sp³-hybridized carbons (Fsp3) is 0.571. The number of hydrogen-bond donors (Lipinski definition) is 1. The zero-order chi connectivity index (χ0) is 19.7. The lowest BCUT2D eigenvalue weighted by molar-refractivity contribution is -0.142. The summed E-state index contributed by atoms with van der Waals surface area (Å²) < 4.78 is 0. The van der Waals surface area contributed by atoms with Gasteiger partial charge in [-0.2, -0.15) is 0 Å². The minimum Gasteiger partial charge on any atom is -0.341 e. The number of amides is 2. The molecule has 7 heteroatoms. The lowest BCUT2D eigenvalue weighted by Crippen LogP contribution is -2.52. The van der Waals surface area contributed by atoms with Crippen LogP contribution in [0.25, 0.3) is 11.0 Å². The van der Waals surface area contributed by atoms with Gasteiger partial charge in [-0.15, -0.1) is 0 Å². The van der Waals surface area contributed by atoms with E-state index in [9.17, 15) is 9.59 Å². The van der Waals surface area contributed by atoms with Gasteiger partial charge >= 0.3 is 0 Å². The summed E-state index contributed by atoms with van der Waals surface area (Å²) in [5.41, 5.74) is 3.33. The molecule has 2 fully saturated rings. The van der Waals surface area contributed by atoms with Crippen LogP contribution >= 0.6 is 0 Å². The van der Waals surface area contributed by atoms with Crippen LogP contribution in [0.15, 0.2) is 18.2 Å². The van der Waals surface area contributed by atoms with E-state index in [2.05, 4.69) is 35.0 Å². The number of benzene rings is 1. The van der Waals surface area contributed by atoms with E-state index in [1.165, 1.54) is 5.56 Å². The van der Waals surface area contributed by atoms with Gasteiger partial charge in [-0.05, 0) is 50.6 Å². The van der Waals surface area contributed by atoms with Crippen LogP contribution in [-0.2, 0) is 16.1 Å². The molecule has 0 saturated carbocycles. The molecule has 0 atom stereocenters. The van der Waals surface area contributed by atoms with Gasteiger partial charge in [-0.3, -0.25) is 14.5 Å². The minimum atomic E-state index is 0.0983. The Labute approximate surface area is 165 Å². The smallest absolute Gasteiger partial charge is 0.225 e. The number of aryl methyl sites for hydroxylation is 1. The number of rotatable bonds is 3. The second-order valence-electron chi connectivity index (χ2n) is 8.09. The number of likely N-dealkylation sites (tertiary alicyclic amines) is 1. The molecular weight excluding hydrogens is 354 g/mol. The van der Waals surface area contributed by atoms with Crippen molar-refractivity contribution in [2.45, 2.75) is 33.2 Å². The van der Waals surface area contributed by atoms with Crippen molar-refractivity contribution in [1.82, 2.24) is 24.7 Å². The first-order chi connectivity index (χ1) is 13.5. The van der Waals surface area contributed by atoms with Gasteiger partial charge in [0.15, 0.2) is 0 Å². The van der Waals surface area contributed by atoms with Gasteiger partial charge in [-0.1, -0.05) is 6.07 Å².